The van der Waals surface area contributed by atoms with Crippen molar-refractivity contribution in [2.75, 3.05) is 14.2 Å². The number of nitrogens with one attached hydrogen (secondary N) is 2. The number of rotatable bonds is 6. The van der Waals surface area contributed by atoms with Crippen LogP contribution >= 0.6 is 0 Å². The summed E-state index contributed by atoms with van der Waals surface area (Å²) in [5, 5.41) is 8.79. The smallest absolute Gasteiger partial charge is 0.271 e. The Morgan fingerprint density at radius 1 is 0.632 bits per heavy atom. The van der Waals surface area contributed by atoms with Crippen molar-refractivity contribution in [2.24, 2.45) is 10.2 Å². The largest absolute Gasteiger partial charge is 0.497 e. The number of nitrogens with zero attached hydrogens (tertiary/aromatic N) is 2. The average Bonchev–Trinajstić information content (AvgIpc) is 2.97. The van der Waals surface area contributed by atoms with E-state index in [2.05, 4.69) is 21.1 Å². The minimum absolute atomic E-state index is 0.334. The summed E-state index contributed by atoms with van der Waals surface area (Å²) in [5.74, 6) is 0.960. The van der Waals surface area contributed by atoms with E-state index < -0.39 is 0 Å². The molecule has 0 saturated heterocycles. The highest BCUT2D eigenvalue weighted by molar-refractivity contribution is 6.05. The van der Waals surface area contributed by atoms with Gasteiger partial charge in [-0.05, 0) is 110 Å². The number of benzene rings is 3. The predicted octanol–water partition coefficient (Wildman–Crippen LogP) is 4.64. The van der Waals surface area contributed by atoms with E-state index in [4.69, 9.17) is 9.47 Å². The van der Waals surface area contributed by atoms with E-state index in [-0.39, 0.29) is 11.8 Å². The molecule has 194 valence electrons. The monoisotopic (exact) mass is 510 g/mol. The lowest BCUT2D eigenvalue weighted by Gasteiger charge is -2.18. The first-order valence-electron chi connectivity index (χ1n) is 12.7. The summed E-state index contributed by atoms with van der Waals surface area (Å²) in [4.78, 5) is 25.4. The van der Waals surface area contributed by atoms with Gasteiger partial charge in [0.25, 0.3) is 11.8 Å². The third-order valence-electron chi connectivity index (χ3n) is 6.96. The van der Waals surface area contributed by atoms with E-state index in [1.165, 1.54) is 11.1 Å². The molecule has 8 nitrogen and oxygen atoms in total. The van der Waals surface area contributed by atoms with Crippen LogP contribution in [-0.2, 0) is 12.8 Å². The van der Waals surface area contributed by atoms with Crippen LogP contribution in [0.2, 0.25) is 0 Å². The average molecular weight is 511 g/mol. The Morgan fingerprint density at radius 2 is 1.05 bits per heavy atom. The van der Waals surface area contributed by atoms with Crippen molar-refractivity contribution < 1.29 is 19.1 Å². The van der Waals surface area contributed by atoms with E-state index in [1.54, 1.807) is 38.5 Å². The lowest BCUT2D eigenvalue weighted by Crippen LogP contribution is -2.23. The quantitative estimate of drug-likeness (QED) is 0.472. The van der Waals surface area contributed by atoms with Crippen molar-refractivity contribution in [2.45, 2.75) is 38.5 Å². The molecule has 0 spiro atoms. The molecule has 0 aromatic heterocycles. The first-order chi connectivity index (χ1) is 18.6. The van der Waals surface area contributed by atoms with Gasteiger partial charge >= 0.3 is 0 Å². The van der Waals surface area contributed by atoms with Crippen LogP contribution in [0, 0.1) is 0 Å². The minimum Gasteiger partial charge on any atom is -0.497 e. The third-order valence-corrected chi connectivity index (χ3v) is 6.96. The fourth-order valence-corrected chi connectivity index (χ4v) is 4.90. The van der Waals surface area contributed by atoms with Crippen LogP contribution in [0.15, 0.2) is 70.9 Å². The van der Waals surface area contributed by atoms with Crippen molar-refractivity contribution >= 4 is 23.2 Å². The van der Waals surface area contributed by atoms with Gasteiger partial charge in [0, 0.05) is 22.3 Å². The van der Waals surface area contributed by atoms with E-state index in [1.807, 2.05) is 36.4 Å². The maximum absolute atomic E-state index is 12.7. The summed E-state index contributed by atoms with van der Waals surface area (Å²) in [6.45, 7) is 0. The number of carbonyl (C=O) groups excluding carboxylic acids is 2. The molecule has 0 aliphatic heterocycles. The zero-order chi connectivity index (χ0) is 26.5. The molecular weight excluding hydrogens is 480 g/mol. The van der Waals surface area contributed by atoms with Crippen molar-refractivity contribution in [1.82, 2.24) is 10.9 Å². The molecule has 8 heteroatoms. The van der Waals surface area contributed by atoms with Gasteiger partial charge in [-0.25, -0.2) is 10.9 Å². The molecule has 0 unspecified atom stereocenters. The number of hydrogen-bond acceptors (Lipinski definition) is 6. The maximum atomic E-state index is 12.7. The van der Waals surface area contributed by atoms with Gasteiger partial charge < -0.3 is 9.47 Å². The van der Waals surface area contributed by atoms with Crippen LogP contribution in [0.5, 0.6) is 11.5 Å². The summed E-state index contributed by atoms with van der Waals surface area (Å²) in [6.07, 6.45) is 5.41. The van der Waals surface area contributed by atoms with Crippen LogP contribution in [-0.4, -0.2) is 37.5 Å². The van der Waals surface area contributed by atoms with Gasteiger partial charge in [0.2, 0.25) is 0 Å². The maximum Gasteiger partial charge on any atom is 0.271 e. The zero-order valence-corrected chi connectivity index (χ0v) is 21.5. The number of hydrogen-bond donors (Lipinski definition) is 2. The van der Waals surface area contributed by atoms with Gasteiger partial charge in [-0.15, -0.1) is 0 Å². The van der Waals surface area contributed by atoms with Gasteiger partial charge in [-0.2, -0.15) is 10.2 Å². The van der Waals surface area contributed by atoms with Crippen LogP contribution in [0.4, 0.5) is 0 Å². The van der Waals surface area contributed by atoms with Gasteiger partial charge in [-0.3, -0.25) is 9.59 Å². The number of ether oxygens (including phenoxy) is 2. The molecule has 38 heavy (non-hydrogen) atoms. The second kappa shape index (κ2) is 11.3. The van der Waals surface area contributed by atoms with Gasteiger partial charge in [-0.1, -0.05) is 0 Å². The number of hydrazone groups is 2. The predicted molar refractivity (Wildman–Crippen MR) is 146 cm³/mol. The fourth-order valence-electron chi connectivity index (χ4n) is 4.90. The molecule has 2 aliphatic carbocycles. The first-order valence-corrected chi connectivity index (χ1v) is 12.7. The SMILES string of the molecule is COc1ccc2c(c1)CCC/C2=N/NC(=O)c1ccc(C(=O)N/N=C2\CCCc3cc(OC)ccc32)cc1. The molecule has 0 saturated carbocycles. The molecule has 5 rings (SSSR count). The fraction of sp³-hybridized carbons (Fsp3) is 0.267. The molecule has 2 N–H and O–H groups in total. The number of carbonyl (C=O) groups is 2. The Kier molecular flexibility index (Phi) is 7.49. The third kappa shape index (κ3) is 5.44. The Labute approximate surface area is 221 Å². The normalized spacial score (nSPS) is 16.4. The number of aryl methyl sites for hydroxylation is 2. The molecule has 0 atom stereocenters. The Morgan fingerprint density at radius 3 is 1.45 bits per heavy atom. The van der Waals surface area contributed by atoms with Gasteiger partial charge in [0.05, 0.1) is 25.6 Å². The van der Waals surface area contributed by atoms with E-state index in [9.17, 15) is 9.59 Å². The van der Waals surface area contributed by atoms with E-state index >= 15 is 0 Å². The minimum atomic E-state index is -0.334. The summed E-state index contributed by atoms with van der Waals surface area (Å²) < 4.78 is 10.6. The molecule has 0 radical (unpaired) electrons. The standard InChI is InChI=1S/C30H30N4O4/c1-37-23-13-15-25-21(17-23)5-3-7-27(25)31-33-29(35)19-9-11-20(12-10-19)30(36)34-32-28-8-4-6-22-18-24(38-2)14-16-26(22)28/h9-18H,3-8H2,1-2H3,(H,33,35)(H,34,36)/b31-27-,32-28+. The highest BCUT2D eigenvalue weighted by atomic mass is 16.5. The van der Waals surface area contributed by atoms with Crippen LogP contribution in [0.25, 0.3) is 0 Å². The van der Waals surface area contributed by atoms with E-state index in [0.717, 1.165) is 72.6 Å². The zero-order valence-electron chi connectivity index (χ0n) is 21.5. The van der Waals surface area contributed by atoms with Crippen LogP contribution in [0.3, 0.4) is 0 Å². The second-order valence-corrected chi connectivity index (χ2v) is 9.33. The highest BCUT2D eigenvalue weighted by Gasteiger charge is 2.18. The summed E-state index contributed by atoms with van der Waals surface area (Å²) in [6, 6.07) is 18.3. The molecule has 0 fully saturated rings. The molecule has 3 aromatic rings. The molecule has 0 heterocycles. The van der Waals surface area contributed by atoms with E-state index in [0.29, 0.717) is 11.1 Å². The lowest BCUT2D eigenvalue weighted by atomic mass is 9.90. The molecular formula is C30H30N4O4. The first kappa shape index (κ1) is 25.2. The molecule has 2 amide bonds. The van der Waals surface area contributed by atoms with Crippen LogP contribution < -0.4 is 20.3 Å². The van der Waals surface area contributed by atoms with Crippen LogP contribution in [0.1, 0.15) is 68.7 Å². The summed E-state index contributed by atoms with van der Waals surface area (Å²) >= 11 is 0. The van der Waals surface area contributed by atoms with Crippen molar-refractivity contribution in [3.63, 3.8) is 0 Å². The van der Waals surface area contributed by atoms with Gasteiger partial charge in [0.15, 0.2) is 0 Å². The topological polar surface area (TPSA) is 101 Å². The molecule has 2 aliphatic rings. The number of methoxy groups -OCH3 is 2. The second-order valence-electron chi connectivity index (χ2n) is 9.33. The highest BCUT2D eigenvalue weighted by Crippen LogP contribution is 2.27. The number of amides is 2. The summed E-state index contributed by atoms with van der Waals surface area (Å²) in [7, 11) is 3.30. The van der Waals surface area contributed by atoms with Crippen molar-refractivity contribution in [3.8, 4) is 11.5 Å². The molecule has 0 bridgehead atoms. The molecule has 3 aromatic carbocycles. The Hall–Kier alpha value is -4.46. The van der Waals surface area contributed by atoms with Gasteiger partial charge in [0.1, 0.15) is 11.5 Å². The summed E-state index contributed by atoms with van der Waals surface area (Å²) in [5.41, 5.74) is 12.2. The Bertz CT molecular complexity index is 1320. The van der Waals surface area contributed by atoms with Crippen molar-refractivity contribution in [3.05, 3.63) is 94.0 Å². The Balaban J connectivity index is 1.22. The van der Waals surface area contributed by atoms with Crippen molar-refractivity contribution in [1.29, 1.82) is 0 Å². The number of fused-ring (bicyclic) bond motifs is 2. The lowest BCUT2D eigenvalue weighted by molar-refractivity contribution is 0.0943.